The number of benzene rings is 5. The summed E-state index contributed by atoms with van der Waals surface area (Å²) in [5.41, 5.74) is -1.26. The molecule has 0 heterocycles. The maximum absolute atomic E-state index is 13.6. The fourth-order valence-corrected chi connectivity index (χ4v) is 7.17. The minimum atomic E-state index is -4.67. The van der Waals surface area contributed by atoms with E-state index in [9.17, 15) is 55.1 Å². The monoisotopic (exact) mass is 1050 g/mol. The van der Waals surface area contributed by atoms with Gasteiger partial charge in [-0.2, -0.15) is 46.8 Å². The molecule has 0 aliphatic carbocycles. The van der Waals surface area contributed by atoms with Gasteiger partial charge in [0.25, 0.3) is 23.6 Å². The van der Waals surface area contributed by atoms with Crippen molar-refractivity contribution in [2.45, 2.75) is 65.0 Å². The average Bonchev–Trinajstić information content (AvgIpc) is 3.28. The highest BCUT2D eigenvalue weighted by molar-refractivity contribution is 6.37. The van der Waals surface area contributed by atoms with Crippen LogP contribution in [-0.4, -0.2) is 47.3 Å². The topological polar surface area (TPSA) is 200 Å². The summed E-state index contributed by atoms with van der Waals surface area (Å²) >= 11 is 24.4. The lowest BCUT2D eigenvalue weighted by molar-refractivity contribution is -0.138. The van der Waals surface area contributed by atoms with E-state index in [1.54, 1.807) is 13.8 Å². The van der Waals surface area contributed by atoms with Crippen molar-refractivity contribution in [3.05, 3.63) is 138 Å². The third-order valence-electron chi connectivity index (χ3n) is 9.90. The summed E-state index contributed by atoms with van der Waals surface area (Å²) in [5.74, 6) is -4.94. The number of rotatable bonds is 16. The normalized spacial score (nSPS) is 12.7. The van der Waals surface area contributed by atoms with Gasteiger partial charge in [-0.1, -0.05) is 60.3 Å². The lowest BCUT2D eigenvalue weighted by Gasteiger charge is -2.19. The lowest BCUT2D eigenvalue weighted by atomic mass is 10.0. The largest absolute Gasteiger partial charge is 0.416 e. The predicted octanol–water partition coefficient (Wildman–Crippen LogP) is 13.3. The molecule has 2 atom stereocenters. The van der Waals surface area contributed by atoms with Crippen molar-refractivity contribution in [3.8, 4) is 0 Å². The van der Waals surface area contributed by atoms with Gasteiger partial charge >= 0.3 is 12.4 Å². The van der Waals surface area contributed by atoms with Crippen molar-refractivity contribution in [2.24, 2.45) is 20.5 Å². The second-order valence-electron chi connectivity index (χ2n) is 14.9. The Hall–Kier alpha value is -6.74. The number of carbonyl (C=O) groups excluding carboxylic acids is 6. The van der Waals surface area contributed by atoms with Crippen LogP contribution >= 0.6 is 46.4 Å². The Bertz CT molecular complexity index is 2940. The van der Waals surface area contributed by atoms with Gasteiger partial charge in [0.05, 0.1) is 65.1 Å². The van der Waals surface area contributed by atoms with Crippen LogP contribution in [0.1, 0.15) is 70.7 Å². The molecule has 0 fully saturated rings. The van der Waals surface area contributed by atoms with Crippen molar-refractivity contribution in [1.82, 2.24) is 0 Å². The number of ketones is 2. The van der Waals surface area contributed by atoms with E-state index in [4.69, 9.17) is 46.4 Å². The minimum absolute atomic E-state index is 0.0231. The zero-order valence-electron chi connectivity index (χ0n) is 36.7. The van der Waals surface area contributed by atoms with Crippen LogP contribution in [-0.2, 0) is 44.4 Å². The predicted molar refractivity (Wildman–Crippen MR) is 252 cm³/mol. The Morgan fingerprint density at radius 1 is 0.514 bits per heavy atom. The van der Waals surface area contributed by atoms with Gasteiger partial charge in [0.15, 0.2) is 11.6 Å². The molecule has 0 bridgehead atoms. The fraction of sp³-hybridized carbons (Fsp3) is 0.217. The number of amides is 4. The van der Waals surface area contributed by atoms with Crippen LogP contribution < -0.4 is 21.3 Å². The molecule has 4 amide bonds. The summed E-state index contributed by atoms with van der Waals surface area (Å²) in [6.45, 7) is 5.71. The molecule has 4 N–H and O–H groups in total. The number of hydrogen-bond acceptors (Lipinski definition) is 10. The van der Waals surface area contributed by atoms with E-state index in [1.165, 1.54) is 48.5 Å². The van der Waals surface area contributed by atoms with Gasteiger partial charge in [-0.05, 0) is 123 Å². The van der Waals surface area contributed by atoms with Gasteiger partial charge in [-0.3, -0.25) is 28.8 Å². The van der Waals surface area contributed by atoms with Crippen LogP contribution in [0.4, 0.5) is 60.5 Å². The van der Waals surface area contributed by atoms with Crippen LogP contribution in [0.5, 0.6) is 0 Å². The molecule has 0 saturated heterocycles. The molecule has 0 radical (unpaired) electrons. The molecule has 0 aliphatic heterocycles. The molecule has 2 unspecified atom stereocenters. The molecule has 0 aliphatic rings. The van der Waals surface area contributed by atoms with Crippen LogP contribution in [0, 0.1) is 0 Å². The molecule has 5 aromatic carbocycles. The maximum Gasteiger partial charge on any atom is 0.416 e. The Balaban J connectivity index is 1.30. The zero-order chi connectivity index (χ0) is 51.8. The van der Waals surface area contributed by atoms with Crippen LogP contribution in [0.3, 0.4) is 0 Å². The third-order valence-corrected chi connectivity index (χ3v) is 11.2. The molecule has 366 valence electrons. The standard InChI is InChI=1S/C46H36Cl4F6N8O6/c1-5-23-15-29(57-43(69)38(21(3)65)63-61-27-9-11-32(47)30(19-27)41(67)58-36-13-7-25(17-34(36)49)45(51,52)53)16-24(6-2)40(23)60-44(70)39(22(4)66)64-62-28-10-12-33(48)31(20-28)42(68)59-37-14-8-26(18-35(37)50)46(54,55)56/h7-20,38-39H,5-6H2,1-4H3,(H,57,69)(H,58,67)(H,59,68)(H,60,70). The molecule has 5 rings (SSSR count). The van der Waals surface area contributed by atoms with Crippen molar-refractivity contribution >= 4 is 116 Å². The highest BCUT2D eigenvalue weighted by atomic mass is 35.5. The Labute approximate surface area is 414 Å². The molecule has 70 heavy (non-hydrogen) atoms. The summed E-state index contributed by atoms with van der Waals surface area (Å²) in [4.78, 5) is 78.7. The zero-order valence-corrected chi connectivity index (χ0v) is 39.7. The summed E-state index contributed by atoms with van der Waals surface area (Å²) in [7, 11) is 0. The number of nitrogens with one attached hydrogen (secondary N) is 4. The highest BCUT2D eigenvalue weighted by Gasteiger charge is 2.33. The van der Waals surface area contributed by atoms with Crippen LogP contribution in [0.15, 0.2) is 105 Å². The SMILES string of the molecule is CCc1cc(NC(=O)C(N=Nc2ccc(Cl)c(C(=O)Nc3ccc(C(F)(F)F)cc3Cl)c2)C(C)=O)cc(CC)c1NC(=O)C(N=Nc1ccc(Cl)c(C(=O)Nc2ccc(C(F)(F)F)cc2Cl)c1)C(C)=O. The number of halogens is 10. The fourth-order valence-electron chi connectivity index (χ4n) is 6.31. The van der Waals surface area contributed by atoms with E-state index < -0.39 is 70.8 Å². The number of Topliss-reactive ketones (excluding diaryl/α,β-unsaturated/α-hetero) is 2. The smallest absolute Gasteiger partial charge is 0.324 e. The minimum Gasteiger partial charge on any atom is -0.324 e. The van der Waals surface area contributed by atoms with Crippen molar-refractivity contribution < 1.29 is 55.1 Å². The van der Waals surface area contributed by atoms with Crippen LogP contribution in [0.25, 0.3) is 0 Å². The van der Waals surface area contributed by atoms with E-state index in [0.717, 1.165) is 38.1 Å². The van der Waals surface area contributed by atoms with Gasteiger partial charge in [0.2, 0.25) is 12.1 Å². The first-order chi connectivity index (χ1) is 32.8. The first-order valence-corrected chi connectivity index (χ1v) is 21.9. The Morgan fingerprint density at radius 2 is 0.900 bits per heavy atom. The average molecular weight is 1050 g/mol. The van der Waals surface area contributed by atoms with E-state index in [2.05, 4.69) is 41.7 Å². The second-order valence-corrected chi connectivity index (χ2v) is 16.6. The van der Waals surface area contributed by atoms with Crippen LogP contribution in [0.2, 0.25) is 20.1 Å². The first kappa shape index (κ1) is 54.2. The number of nitrogens with zero attached hydrogens (tertiary/aromatic N) is 4. The Kier molecular flexibility index (Phi) is 17.6. The number of anilines is 4. The number of carbonyl (C=O) groups is 6. The summed E-state index contributed by atoms with van der Waals surface area (Å²) in [6.07, 6.45) is -8.76. The molecular weight excluding hydrogens is 1020 g/mol. The third kappa shape index (κ3) is 13.7. The maximum atomic E-state index is 13.6. The summed E-state index contributed by atoms with van der Waals surface area (Å²) < 4.78 is 78.5. The molecule has 0 spiro atoms. The molecule has 14 nitrogen and oxygen atoms in total. The highest BCUT2D eigenvalue weighted by Crippen LogP contribution is 2.36. The summed E-state index contributed by atoms with van der Waals surface area (Å²) in [6, 6.07) is 11.9. The van der Waals surface area contributed by atoms with E-state index in [1.807, 2.05) is 0 Å². The van der Waals surface area contributed by atoms with Gasteiger partial charge < -0.3 is 21.3 Å². The lowest BCUT2D eigenvalue weighted by Crippen LogP contribution is -2.33. The Morgan fingerprint density at radius 3 is 1.24 bits per heavy atom. The van der Waals surface area contributed by atoms with Crippen molar-refractivity contribution in [3.63, 3.8) is 0 Å². The molecular formula is C46H36Cl4F6N8O6. The van der Waals surface area contributed by atoms with Gasteiger partial charge in [-0.15, -0.1) is 0 Å². The van der Waals surface area contributed by atoms with Gasteiger partial charge in [-0.25, -0.2) is 0 Å². The van der Waals surface area contributed by atoms with Gasteiger partial charge in [0.1, 0.15) is 0 Å². The number of alkyl halides is 6. The molecule has 5 aromatic rings. The quantitative estimate of drug-likeness (QED) is 0.0430. The van der Waals surface area contributed by atoms with Crippen molar-refractivity contribution in [1.29, 1.82) is 0 Å². The van der Waals surface area contributed by atoms with Crippen molar-refractivity contribution in [2.75, 3.05) is 21.3 Å². The molecule has 24 heteroatoms. The van der Waals surface area contributed by atoms with E-state index in [-0.39, 0.29) is 59.7 Å². The van der Waals surface area contributed by atoms with E-state index >= 15 is 0 Å². The second kappa shape index (κ2) is 22.8. The number of azo groups is 2. The van der Waals surface area contributed by atoms with E-state index in [0.29, 0.717) is 41.8 Å². The van der Waals surface area contributed by atoms with Gasteiger partial charge in [0, 0.05) is 11.4 Å². The molecule has 0 saturated carbocycles. The number of aryl methyl sites for hydroxylation is 2. The molecule has 0 aromatic heterocycles. The summed E-state index contributed by atoms with van der Waals surface area (Å²) in [5, 5.41) is 24.9. The number of hydrogen-bond donors (Lipinski definition) is 4. The first-order valence-electron chi connectivity index (χ1n) is 20.4.